The molecule has 2 atom stereocenters. The van der Waals surface area contributed by atoms with Gasteiger partial charge in [0.1, 0.15) is 12.4 Å². The lowest BCUT2D eigenvalue weighted by atomic mass is 10.1. The summed E-state index contributed by atoms with van der Waals surface area (Å²) >= 11 is 0. The fraction of sp³-hybridized carbons (Fsp3) is 0.723. The zero-order valence-corrected chi connectivity index (χ0v) is 34.3. The van der Waals surface area contributed by atoms with Crippen molar-refractivity contribution in [3.05, 3.63) is 65.7 Å². The van der Waals surface area contributed by atoms with Crippen molar-refractivity contribution in [1.82, 2.24) is 5.32 Å². The lowest BCUT2D eigenvalue weighted by Gasteiger charge is -2.20. The minimum Gasteiger partial charge on any atom is -0.489 e. The Labute approximate surface area is 326 Å². The van der Waals surface area contributed by atoms with Crippen LogP contribution in [0.3, 0.4) is 0 Å². The largest absolute Gasteiger partial charge is 0.489 e. The molecule has 1 amide bonds. The van der Waals surface area contributed by atoms with Gasteiger partial charge in [-0.3, -0.25) is 4.79 Å². The molecule has 1 unspecified atom stereocenters. The van der Waals surface area contributed by atoms with Crippen molar-refractivity contribution >= 4 is 5.91 Å². The highest BCUT2D eigenvalue weighted by Crippen LogP contribution is 2.16. The number of nitrogens with one attached hydrogen (secondary N) is 1. The molecule has 0 radical (unpaired) electrons. The van der Waals surface area contributed by atoms with Crippen molar-refractivity contribution in [2.75, 3.05) is 26.4 Å². The molecule has 0 aliphatic carbocycles. The second-order valence-corrected chi connectivity index (χ2v) is 15.3. The van der Waals surface area contributed by atoms with Crippen molar-refractivity contribution in [1.29, 1.82) is 0 Å². The number of unbranched alkanes of at least 4 members (excludes halogenated alkanes) is 22. The highest BCUT2D eigenvalue weighted by atomic mass is 16.5. The SMILES string of the molecule is CCCCCCCCCCCCCCOCC(CNC(=O)[C@@H](N)Cc1ccc(OCc2ccccc2)cc1)OCCCCCCCCCCCCCC. The van der Waals surface area contributed by atoms with E-state index in [-0.39, 0.29) is 12.0 Å². The van der Waals surface area contributed by atoms with E-state index < -0.39 is 6.04 Å². The second-order valence-electron chi connectivity index (χ2n) is 15.3. The molecule has 6 heteroatoms. The molecule has 2 rings (SSSR count). The summed E-state index contributed by atoms with van der Waals surface area (Å²) in [5, 5.41) is 3.06. The van der Waals surface area contributed by atoms with Gasteiger partial charge in [0.15, 0.2) is 0 Å². The van der Waals surface area contributed by atoms with Gasteiger partial charge in [0.2, 0.25) is 5.91 Å². The summed E-state index contributed by atoms with van der Waals surface area (Å²) in [5.41, 5.74) is 8.48. The Bertz CT molecular complexity index is 1080. The number of ether oxygens (including phenoxy) is 3. The smallest absolute Gasteiger partial charge is 0.237 e. The molecule has 0 aliphatic rings. The van der Waals surface area contributed by atoms with Gasteiger partial charge in [-0.05, 0) is 42.5 Å². The third-order valence-corrected chi connectivity index (χ3v) is 10.3. The van der Waals surface area contributed by atoms with E-state index in [0.717, 1.165) is 36.3 Å². The lowest BCUT2D eigenvalue weighted by Crippen LogP contribution is -2.45. The van der Waals surface area contributed by atoms with E-state index in [9.17, 15) is 4.79 Å². The number of rotatable bonds is 37. The van der Waals surface area contributed by atoms with Crippen LogP contribution in [0.5, 0.6) is 5.75 Å². The van der Waals surface area contributed by atoms with Crippen LogP contribution in [0.4, 0.5) is 0 Å². The van der Waals surface area contributed by atoms with Crippen LogP contribution in [-0.2, 0) is 27.3 Å². The zero-order valence-electron chi connectivity index (χ0n) is 34.3. The molecule has 0 aliphatic heterocycles. The fourth-order valence-electron chi connectivity index (χ4n) is 6.77. The Morgan fingerprint density at radius 3 is 1.57 bits per heavy atom. The van der Waals surface area contributed by atoms with Crippen molar-refractivity contribution in [2.45, 2.75) is 193 Å². The molecule has 6 nitrogen and oxygen atoms in total. The van der Waals surface area contributed by atoms with Crippen LogP contribution in [0.25, 0.3) is 0 Å². The molecule has 0 fully saturated rings. The molecule has 0 saturated carbocycles. The van der Waals surface area contributed by atoms with Crippen LogP contribution in [0.15, 0.2) is 54.6 Å². The maximum atomic E-state index is 13.0. The van der Waals surface area contributed by atoms with Crippen molar-refractivity contribution in [3.63, 3.8) is 0 Å². The average Bonchev–Trinajstić information content (AvgIpc) is 3.18. The van der Waals surface area contributed by atoms with Crippen molar-refractivity contribution in [3.8, 4) is 5.75 Å². The number of hydrogen-bond donors (Lipinski definition) is 2. The standard InChI is InChI=1S/C47H80N2O4/c1-3-5-7-9-11-13-15-17-19-21-23-28-36-51-41-45(52-37-29-24-22-20-18-16-14-12-10-8-6-4-2)39-49-47(50)46(48)38-42-32-34-44(35-33-42)53-40-43-30-26-25-27-31-43/h25-27,30-35,45-46H,3-24,28-29,36-41,48H2,1-2H3,(H,49,50)/t45?,46-/m0/s1. The minimum atomic E-state index is -0.634. The van der Waals surface area contributed by atoms with Gasteiger partial charge in [-0.1, -0.05) is 198 Å². The van der Waals surface area contributed by atoms with E-state index in [2.05, 4.69) is 19.2 Å². The van der Waals surface area contributed by atoms with Crippen molar-refractivity contribution in [2.24, 2.45) is 5.73 Å². The molecular formula is C47H80N2O4. The molecule has 2 aromatic carbocycles. The first-order valence-corrected chi connectivity index (χ1v) is 22.1. The Balaban J connectivity index is 1.65. The summed E-state index contributed by atoms with van der Waals surface area (Å²) in [6.45, 7) is 7.43. The normalized spacial score (nSPS) is 12.5. The van der Waals surface area contributed by atoms with Crippen LogP contribution >= 0.6 is 0 Å². The molecule has 2 aromatic rings. The van der Waals surface area contributed by atoms with E-state index in [1.54, 1.807) is 0 Å². The molecule has 3 N–H and O–H groups in total. The predicted molar refractivity (Wildman–Crippen MR) is 225 cm³/mol. The van der Waals surface area contributed by atoms with Gasteiger partial charge in [0.25, 0.3) is 0 Å². The van der Waals surface area contributed by atoms with E-state index in [4.69, 9.17) is 19.9 Å². The number of amides is 1. The highest BCUT2D eigenvalue weighted by Gasteiger charge is 2.17. The summed E-state index contributed by atoms with van der Waals surface area (Å²) in [5.74, 6) is 0.640. The van der Waals surface area contributed by atoms with E-state index in [1.165, 1.54) is 141 Å². The summed E-state index contributed by atoms with van der Waals surface area (Å²) in [4.78, 5) is 13.0. The number of benzene rings is 2. The summed E-state index contributed by atoms with van der Waals surface area (Å²) in [6, 6.07) is 17.3. The maximum Gasteiger partial charge on any atom is 0.237 e. The van der Waals surface area contributed by atoms with Gasteiger partial charge in [0, 0.05) is 19.8 Å². The van der Waals surface area contributed by atoms with Gasteiger partial charge in [-0.25, -0.2) is 0 Å². The topological polar surface area (TPSA) is 82.8 Å². The summed E-state index contributed by atoms with van der Waals surface area (Å²) in [6.07, 6.45) is 32.1. The zero-order chi connectivity index (χ0) is 37.9. The van der Waals surface area contributed by atoms with E-state index in [0.29, 0.717) is 32.8 Å². The average molecular weight is 737 g/mol. The highest BCUT2D eigenvalue weighted by molar-refractivity contribution is 5.81. The van der Waals surface area contributed by atoms with Crippen LogP contribution in [0.2, 0.25) is 0 Å². The van der Waals surface area contributed by atoms with Gasteiger partial charge in [-0.15, -0.1) is 0 Å². The van der Waals surface area contributed by atoms with Crippen LogP contribution < -0.4 is 15.8 Å². The lowest BCUT2D eigenvalue weighted by molar-refractivity contribution is -0.123. The number of carbonyl (C=O) groups excluding carboxylic acids is 1. The van der Waals surface area contributed by atoms with Gasteiger partial charge < -0.3 is 25.3 Å². The predicted octanol–water partition coefficient (Wildman–Crippen LogP) is 12.1. The van der Waals surface area contributed by atoms with Gasteiger partial charge >= 0.3 is 0 Å². The third-order valence-electron chi connectivity index (χ3n) is 10.3. The molecule has 53 heavy (non-hydrogen) atoms. The first-order chi connectivity index (χ1) is 26.1. The first-order valence-electron chi connectivity index (χ1n) is 22.1. The molecular weight excluding hydrogens is 657 g/mol. The number of hydrogen-bond acceptors (Lipinski definition) is 5. The summed E-state index contributed by atoms with van der Waals surface area (Å²) in [7, 11) is 0. The van der Waals surface area contributed by atoms with Crippen LogP contribution in [0, 0.1) is 0 Å². The molecule has 0 aromatic heterocycles. The Morgan fingerprint density at radius 2 is 1.06 bits per heavy atom. The quantitative estimate of drug-likeness (QED) is 0.0675. The van der Waals surface area contributed by atoms with Gasteiger partial charge in [0.05, 0.1) is 18.8 Å². The Kier molecular flexibility index (Phi) is 30.1. The van der Waals surface area contributed by atoms with E-state index in [1.807, 2.05) is 54.6 Å². The number of nitrogens with two attached hydrogens (primary N) is 1. The molecule has 302 valence electrons. The Morgan fingerprint density at radius 1 is 0.585 bits per heavy atom. The van der Waals surface area contributed by atoms with Crippen LogP contribution in [0.1, 0.15) is 179 Å². The first kappa shape index (κ1) is 46.7. The second kappa shape index (κ2) is 34.1. The van der Waals surface area contributed by atoms with Gasteiger partial charge in [-0.2, -0.15) is 0 Å². The number of carbonyl (C=O) groups is 1. The third kappa shape index (κ3) is 26.9. The fourth-order valence-corrected chi connectivity index (χ4v) is 6.77. The Hall–Kier alpha value is -2.41. The molecule has 0 bridgehead atoms. The molecule has 0 spiro atoms. The summed E-state index contributed by atoms with van der Waals surface area (Å²) < 4.78 is 18.3. The van der Waals surface area contributed by atoms with Crippen molar-refractivity contribution < 1.29 is 19.0 Å². The minimum absolute atomic E-state index is 0.158. The molecule has 0 heterocycles. The van der Waals surface area contributed by atoms with Crippen LogP contribution in [-0.4, -0.2) is 44.4 Å². The van der Waals surface area contributed by atoms with E-state index >= 15 is 0 Å². The molecule has 0 saturated heterocycles. The monoisotopic (exact) mass is 737 g/mol. The maximum absolute atomic E-state index is 13.0.